The summed E-state index contributed by atoms with van der Waals surface area (Å²) in [6.45, 7) is 1.14. The van der Waals surface area contributed by atoms with Crippen molar-refractivity contribution in [3.63, 3.8) is 0 Å². The van der Waals surface area contributed by atoms with Gasteiger partial charge in [0.05, 0.1) is 5.56 Å². The molecule has 0 saturated heterocycles. The van der Waals surface area contributed by atoms with Gasteiger partial charge in [-0.05, 0) is 12.5 Å². The zero-order valence-electron chi connectivity index (χ0n) is 7.86. The van der Waals surface area contributed by atoms with Crippen LogP contribution in [0.5, 0.6) is 5.75 Å². The first-order valence-electron chi connectivity index (χ1n) is 3.98. The third kappa shape index (κ3) is 2.71. The van der Waals surface area contributed by atoms with Crippen LogP contribution < -0.4 is 10.3 Å². The molecule has 90 valence electrons. The van der Waals surface area contributed by atoms with Gasteiger partial charge in [-0.15, -0.1) is 13.2 Å². The first-order valence-corrected chi connectivity index (χ1v) is 3.98. The summed E-state index contributed by atoms with van der Waals surface area (Å²) < 4.78 is 63.8. The van der Waals surface area contributed by atoms with Crippen LogP contribution in [0.4, 0.5) is 22.0 Å². The molecule has 0 aliphatic rings. The standard InChI is InChI=1S/C8H6F5NO2/c1-3-2-14-7(15)5(4(3)6(9)10)16-8(11,12)13/h2,6H,1H3,(H,14,15). The first-order chi connectivity index (χ1) is 7.22. The van der Waals surface area contributed by atoms with E-state index in [0.29, 0.717) is 0 Å². The minimum atomic E-state index is -5.19. The molecule has 0 amide bonds. The summed E-state index contributed by atoms with van der Waals surface area (Å²) in [5.41, 5.74) is -2.59. The molecule has 0 unspecified atom stereocenters. The van der Waals surface area contributed by atoms with Crippen molar-refractivity contribution in [1.82, 2.24) is 4.98 Å². The summed E-state index contributed by atoms with van der Waals surface area (Å²) in [6.07, 6.45) is -7.52. The smallest absolute Gasteiger partial charge is 0.399 e. The molecule has 1 aromatic heterocycles. The Morgan fingerprint density at radius 1 is 1.38 bits per heavy atom. The van der Waals surface area contributed by atoms with E-state index < -0.39 is 29.7 Å². The number of pyridine rings is 1. The molecule has 1 rings (SSSR count). The number of hydrogen-bond donors (Lipinski definition) is 1. The van der Waals surface area contributed by atoms with Gasteiger partial charge in [-0.1, -0.05) is 0 Å². The molecular weight excluding hydrogens is 237 g/mol. The van der Waals surface area contributed by atoms with Crippen molar-refractivity contribution in [3.8, 4) is 5.75 Å². The molecule has 0 aromatic carbocycles. The Kier molecular flexibility index (Phi) is 3.20. The number of aromatic nitrogens is 1. The van der Waals surface area contributed by atoms with E-state index in [1.165, 1.54) is 0 Å². The highest BCUT2D eigenvalue weighted by Gasteiger charge is 2.35. The zero-order valence-corrected chi connectivity index (χ0v) is 7.86. The fraction of sp³-hybridized carbons (Fsp3) is 0.375. The van der Waals surface area contributed by atoms with Gasteiger partial charge < -0.3 is 9.72 Å². The third-order valence-corrected chi connectivity index (χ3v) is 1.73. The molecule has 0 atom stereocenters. The number of nitrogens with one attached hydrogen (secondary N) is 1. The Bertz CT molecular complexity index is 437. The van der Waals surface area contributed by atoms with Gasteiger partial charge in [0.1, 0.15) is 0 Å². The Balaban J connectivity index is 3.35. The molecule has 1 aromatic rings. The van der Waals surface area contributed by atoms with E-state index in [9.17, 15) is 26.7 Å². The van der Waals surface area contributed by atoms with Crippen LogP contribution in [0, 0.1) is 6.92 Å². The van der Waals surface area contributed by atoms with Crippen molar-refractivity contribution in [1.29, 1.82) is 0 Å². The highest BCUT2D eigenvalue weighted by molar-refractivity contribution is 5.37. The summed E-state index contributed by atoms with van der Waals surface area (Å²) in [5.74, 6) is -1.41. The Hall–Kier alpha value is -1.60. The highest BCUT2D eigenvalue weighted by Crippen LogP contribution is 2.31. The lowest BCUT2D eigenvalue weighted by atomic mass is 10.1. The second-order valence-electron chi connectivity index (χ2n) is 2.89. The van der Waals surface area contributed by atoms with E-state index in [1.54, 1.807) is 0 Å². The molecule has 0 fully saturated rings. The van der Waals surface area contributed by atoms with Gasteiger partial charge in [-0.3, -0.25) is 4.79 Å². The Morgan fingerprint density at radius 3 is 2.38 bits per heavy atom. The molecule has 0 spiro atoms. The van der Waals surface area contributed by atoms with Crippen LogP contribution in [0.25, 0.3) is 0 Å². The number of hydrogen-bond acceptors (Lipinski definition) is 2. The number of aromatic amines is 1. The van der Waals surface area contributed by atoms with Gasteiger partial charge >= 0.3 is 6.36 Å². The minimum Gasteiger partial charge on any atom is -0.399 e. The molecule has 8 heteroatoms. The number of aryl methyl sites for hydroxylation is 1. The van der Waals surface area contributed by atoms with E-state index in [0.717, 1.165) is 13.1 Å². The topological polar surface area (TPSA) is 42.1 Å². The summed E-state index contributed by atoms with van der Waals surface area (Å²) in [6, 6.07) is 0. The van der Waals surface area contributed by atoms with Crippen molar-refractivity contribution in [2.75, 3.05) is 0 Å². The highest BCUT2D eigenvalue weighted by atomic mass is 19.4. The SMILES string of the molecule is Cc1c[nH]c(=O)c(OC(F)(F)F)c1C(F)F. The maximum absolute atomic E-state index is 12.4. The van der Waals surface area contributed by atoms with Crippen molar-refractivity contribution < 1.29 is 26.7 Å². The maximum atomic E-state index is 12.4. The van der Waals surface area contributed by atoms with E-state index in [4.69, 9.17) is 0 Å². The average molecular weight is 243 g/mol. The molecule has 0 radical (unpaired) electrons. The molecule has 0 aliphatic carbocycles. The molecule has 1 heterocycles. The molecule has 16 heavy (non-hydrogen) atoms. The van der Waals surface area contributed by atoms with Crippen LogP contribution in [-0.4, -0.2) is 11.3 Å². The summed E-state index contributed by atoms with van der Waals surface area (Å²) in [4.78, 5) is 12.8. The van der Waals surface area contributed by atoms with Gasteiger partial charge in [-0.25, -0.2) is 8.78 Å². The van der Waals surface area contributed by atoms with Crippen LogP contribution in [0.2, 0.25) is 0 Å². The lowest BCUT2D eigenvalue weighted by Crippen LogP contribution is -2.24. The Labute approximate surface area is 85.8 Å². The van der Waals surface area contributed by atoms with Crippen molar-refractivity contribution in [3.05, 3.63) is 27.7 Å². The molecule has 1 N–H and O–H groups in total. The lowest BCUT2D eigenvalue weighted by molar-refractivity contribution is -0.275. The number of H-pyrrole nitrogens is 1. The molecule has 0 aliphatic heterocycles. The summed E-state index contributed by atoms with van der Waals surface area (Å²) in [5, 5.41) is 0. The normalized spacial score (nSPS) is 11.9. The molecule has 0 bridgehead atoms. The predicted octanol–water partition coefficient (Wildman–Crippen LogP) is 2.52. The van der Waals surface area contributed by atoms with Gasteiger partial charge in [0.25, 0.3) is 12.0 Å². The molecule has 3 nitrogen and oxygen atoms in total. The van der Waals surface area contributed by atoms with Gasteiger partial charge in [0.2, 0.25) is 5.75 Å². The average Bonchev–Trinajstić information content (AvgIpc) is 2.08. The van der Waals surface area contributed by atoms with Crippen molar-refractivity contribution >= 4 is 0 Å². The zero-order chi connectivity index (χ0) is 12.5. The fourth-order valence-corrected chi connectivity index (χ4v) is 1.11. The molecule has 0 saturated carbocycles. The number of rotatable bonds is 2. The summed E-state index contributed by atoms with van der Waals surface area (Å²) >= 11 is 0. The number of halogens is 5. The number of ether oxygens (including phenoxy) is 1. The fourth-order valence-electron chi connectivity index (χ4n) is 1.11. The van der Waals surface area contributed by atoms with E-state index >= 15 is 0 Å². The summed E-state index contributed by atoms with van der Waals surface area (Å²) in [7, 11) is 0. The number of alkyl halides is 5. The maximum Gasteiger partial charge on any atom is 0.573 e. The van der Waals surface area contributed by atoms with Crippen LogP contribution in [0.15, 0.2) is 11.0 Å². The predicted molar refractivity (Wildman–Crippen MR) is 43.4 cm³/mol. The minimum absolute atomic E-state index is 0.186. The third-order valence-electron chi connectivity index (χ3n) is 1.73. The second kappa shape index (κ2) is 4.11. The van der Waals surface area contributed by atoms with E-state index in [-0.39, 0.29) is 5.56 Å². The lowest BCUT2D eigenvalue weighted by Gasteiger charge is -2.13. The van der Waals surface area contributed by atoms with E-state index in [2.05, 4.69) is 4.74 Å². The quantitative estimate of drug-likeness (QED) is 0.811. The van der Waals surface area contributed by atoms with Crippen LogP contribution in [0.3, 0.4) is 0 Å². The van der Waals surface area contributed by atoms with E-state index in [1.807, 2.05) is 4.98 Å². The molecular formula is C8H6F5NO2. The first kappa shape index (κ1) is 12.5. The van der Waals surface area contributed by atoms with Crippen molar-refractivity contribution in [2.24, 2.45) is 0 Å². The van der Waals surface area contributed by atoms with Gasteiger partial charge in [0.15, 0.2) is 0 Å². The monoisotopic (exact) mass is 243 g/mol. The Morgan fingerprint density at radius 2 is 1.94 bits per heavy atom. The van der Waals surface area contributed by atoms with Gasteiger partial charge in [0, 0.05) is 6.20 Å². The van der Waals surface area contributed by atoms with Crippen LogP contribution in [-0.2, 0) is 0 Å². The van der Waals surface area contributed by atoms with Crippen molar-refractivity contribution in [2.45, 2.75) is 19.7 Å². The van der Waals surface area contributed by atoms with Gasteiger partial charge in [-0.2, -0.15) is 0 Å². The largest absolute Gasteiger partial charge is 0.573 e. The second-order valence-corrected chi connectivity index (χ2v) is 2.89. The van der Waals surface area contributed by atoms with Crippen LogP contribution in [0.1, 0.15) is 17.6 Å². The van der Waals surface area contributed by atoms with Crippen LogP contribution >= 0.6 is 0 Å².